The van der Waals surface area contributed by atoms with E-state index in [0.29, 0.717) is 23.4 Å². The maximum absolute atomic E-state index is 11.8. The Morgan fingerprint density at radius 1 is 1.04 bits per heavy atom. The zero-order chi connectivity index (χ0) is 17.6. The highest BCUT2D eigenvalue weighted by molar-refractivity contribution is 7.92. The number of nitrogens with one attached hydrogen (secondary N) is 2. The fourth-order valence-electron chi connectivity index (χ4n) is 2.16. The van der Waals surface area contributed by atoms with Crippen molar-refractivity contribution in [3.8, 4) is 0 Å². The van der Waals surface area contributed by atoms with Gasteiger partial charge in [0.25, 0.3) is 0 Å². The standard InChI is InChI=1S/C17H20N2O4S/c1-3-12-24(21,22)19-14-10-8-13(9-11-14)18-16-7-5-4-6-15(16)17(20)23-2/h4-11,18-19H,3,12H2,1-2H3. The number of sulfonamides is 1. The second kappa shape index (κ2) is 7.83. The minimum absolute atomic E-state index is 0.0828. The van der Waals surface area contributed by atoms with Crippen LogP contribution < -0.4 is 10.0 Å². The Bertz CT molecular complexity index is 802. The summed E-state index contributed by atoms with van der Waals surface area (Å²) in [5.74, 6) is -0.346. The summed E-state index contributed by atoms with van der Waals surface area (Å²) in [7, 11) is -1.98. The normalized spacial score (nSPS) is 10.9. The number of anilines is 3. The average Bonchev–Trinajstić information content (AvgIpc) is 2.56. The molecule has 24 heavy (non-hydrogen) atoms. The number of rotatable bonds is 7. The summed E-state index contributed by atoms with van der Waals surface area (Å²) in [4.78, 5) is 11.8. The van der Waals surface area contributed by atoms with Gasteiger partial charge in [0.1, 0.15) is 0 Å². The molecule has 0 unspecified atom stereocenters. The monoisotopic (exact) mass is 348 g/mol. The van der Waals surface area contributed by atoms with Crippen molar-refractivity contribution >= 4 is 33.1 Å². The van der Waals surface area contributed by atoms with E-state index in [1.54, 1.807) is 42.5 Å². The first kappa shape index (κ1) is 17.8. The number of benzene rings is 2. The summed E-state index contributed by atoms with van der Waals surface area (Å²) in [6.45, 7) is 1.81. The number of para-hydroxylation sites is 1. The minimum atomic E-state index is -3.31. The first-order valence-corrected chi connectivity index (χ1v) is 9.15. The summed E-state index contributed by atoms with van der Waals surface area (Å²) in [6.07, 6.45) is 0.555. The second-order valence-electron chi connectivity index (χ2n) is 5.16. The summed E-state index contributed by atoms with van der Waals surface area (Å²) >= 11 is 0. The summed E-state index contributed by atoms with van der Waals surface area (Å²) in [5.41, 5.74) is 2.26. The molecule has 2 aromatic rings. The van der Waals surface area contributed by atoms with Gasteiger partial charge in [-0.25, -0.2) is 13.2 Å². The lowest BCUT2D eigenvalue weighted by Crippen LogP contribution is -2.15. The van der Waals surface area contributed by atoms with E-state index in [1.807, 2.05) is 13.0 Å². The summed E-state index contributed by atoms with van der Waals surface area (Å²) < 4.78 is 30.8. The van der Waals surface area contributed by atoms with Gasteiger partial charge >= 0.3 is 5.97 Å². The van der Waals surface area contributed by atoms with Crippen molar-refractivity contribution in [3.63, 3.8) is 0 Å². The predicted octanol–water partition coefficient (Wildman–Crippen LogP) is 3.37. The Morgan fingerprint density at radius 3 is 2.29 bits per heavy atom. The highest BCUT2D eigenvalue weighted by atomic mass is 32.2. The molecule has 0 spiro atoms. The van der Waals surface area contributed by atoms with Crippen LogP contribution >= 0.6 is 0 Å². The molecule has 0 bridgehead atoms. The Kier molecular flexibility index (Phi) is 5.81. The van der Waals surface area contributed by atoms with Gasteiger partial charge in [0.15, 0.2) is 0 Å². The number of methoxy groups -OCH3 is 1. The highest BCUT2D eigenvalue weighted by Crippen LogP contribution is 2.23. The minimum Gasteiger partial charge on any atom is -0.465 e. The van der Waals surface area contributed by atoms with Crippen molar-refractivity contribution in [3.05, 3.63) is 54.1 Å². The van der Waals surface area contributed by atoms with Crippen LogP contribution in [-0.4, -0.2) is 27.2 Å². The lowest BCUT2D eigenvalue weighted by Gasteiger charge is -2.12. The Morgan fingerprint density at radius 2 is 1.67 bits per heavy atom. The predicted molar refractivity (Wildman–Crippen MR) is 95.2 cm³/mol. The third-order valence-electron chi connectivity index (χ3n) is 3.24. The van der Waals surface area contributed by atoms with Crippen LogP contribution in [0.25, 0.3) is 0 Å². The van der Waals surface area contributed by atoms with Crippen LogP contribution in [0.4, 0.5) is 17.1 Å². The molecule has 0 amide bonds. The van der Waals surface area contributed by atoms with E-state index < -0.39 is 16.0 Å². The lowest BCUT2D eigenvalue weighted by atomic mass is 10.1. The van der Waals surface area contributed by atoms with E-state index >= 15 is 0 Å². The number of hydrogen-bond acceptors (Lipinski definition) is 5. The second-order valence-corrected chi connectivity index (χ2v) is 7.00. The van der Waals surface area contributed by atoms with E-state index in [0.717, 1.165) is 5.69 Å². The molecule has 2 N–H and O–H groups in total. The van der Waals surface area contributed by atoms with Gasteiger partial charge in [0.05, 0.1) is 24.1 Å². The molecule has 0 aliphatic heterocycles. The largest absolute Gasteiger partial charge is 0.465 e. The van der Waals surface area contributed by atoms with Crippen LogP contribution in [0.2, 0.25) is 0 Å². The van der Waals surface area contributed by atoms with Crippen molar-refractivity contribution in [2.45, 2.75) is 13.3 Å². The fraction of sp³-hybridized carbons (Fsp3) is 0.235. The first-order chi connectivity index (χ1) is 11.4. The van der Waals surface area contributed by atoms with E-state index in [1.165, 1.54) is 7.11 Å². The number of ether oxygens (including phenoxy) is 1. The molecule has 2 rings (SSSR count). The molecule has 0 fully saturated rings. The fourth-order valence-corrected chi connectivity index (χ4v) is 3.29. The molecule has 0 atom stereocenters. The Balaban J connectivity index is 2.14. The van der Waals surface area contributed by atoms with Gasteiger partial charge in [-0.3, -0.25) is 4.72 Å². The first-order valence-electron chi connectivity index (χ1n) is 7.50. The van der Waals surface area contributed by atoms with Crippen molar-refractivity contribution in [1.29, 1.82) is 0 Å². The molecule has 2 aromatic carbocycles. The Hall–Kier alpha value is -2.54. The molecule has 0 radical (unpaired) electrons. The van der Waals surface area contributed by atoms with Crippen molar-refractivity contribution in [2.24, 2.45) is 0 Å². The molecule has 0 saturated heterocycles. The van der Waals surface area contributed by atoms with Gasteiger partial charge in [0.2, 0.25) is 10.0 Å². The van der Waals surface area contributed by atoms with Crippen LogP contribution in [0.15, 0.2) is 48.5 Å². The van der Waals surface area contributed by atoms with Crippen LogP contribution in [0, 0.1) is 0 Å². The molecule has 0 aromatic heterocycles. The Labute approximate surface area is 141 Å². The van der Waals surface area contributed by atoms with E-state index in [-0.39, 0.29) is 5.75 Å². The van der Waals surface area contributed by atoms with E-state index in [4.69, 9.17) is 4.74 Å². The van der Waals surface area contributed by atoms with Crippen LogP contribution in [0.5, 0.6) is 0 Å². The van der Waals surface area contributed by atoms with Gasteiger partial charge in [-0.1, -0.05) is 19.1 Å². The summed E-state index contributed by atoms with van der Waals surface area (Å²) in [5, 5.41) is 3.12. The molecular weight excluding hydrogens is 328 g/mol. The van der Waals surface area contributed by atoms with Crippen molar-refractivity contribution in [1.82, 2.24) is 0 Å². The number of esters is 1. The van der Waals surface area contributed by atoms with Gasteiger partial charge < -0.3 is 10.1 Å². The van der Waals surface area contributed by atoms with Gasteiger partial charge in [-0.2, -0.15) is 0 Å². The molecule has 0 aliphatic rings. The third-order valence-corrected chi connectivity index (χ3v) is 4.73. The molecule has 0 saturated carbocycles. The molecule has 0 aliphatic carbocycles. The number of carbonyl (C=O) groups is 1. The average molecular weight is 348 g/mol. The van der Waals surface area contributed by atoms with Crippen LogP contribution in [-0.2, 0) is 14.8 Å². The third kappa shape index (κ3) is 4.73. The number of carbonyl (C=O) groups excluding carboxylic acids is 1. The number of hydrogen-bond donors (Lipinski definition) is 2. The maximum atomic E-state index is 11.8. The molecule has 128 valence electrons. The van der Waals surface area contributed by atoms with Gasteiger partial charge in [-0.05, 0) is 42.8 Å². The van der Waals surface area contributed by atoms with E-state index in [9.17, 15) is 13.2 Å². The lowest BCUT2D eigenvalue weighted by molar-refractivity contribution is 0.0602. The molecular formula is C17H20N2O4S. The van der Waals surface area contributed by atoms with Gasteiger partial charge in [-0.15, -0.1) is 0 Å². The smallest absolute Gasteiger partial charge is 0.339 e. The topological polar surface area (TPSA) is 84.5 Å². The van der Waals surface area contributed by atoms with Gasteiger partial charge in [0, 0.05) is 11.4 Å². The zero-order valence-corrected chi connectivity index (χ0v) is 14.4. The quantitative estimate of drug-likeness (QED) is 0.750. The van der Waals surface area contributed by atoms with Crippen LogP contribution in [0.3, 0.4) is 0 Å². The van der Waals surface area contributed by atoms with Crippen molar-refractivity contribution < 1.29 is 17.9 Å². The van der Waals surface area contributed by atoms with E-state index in [2.05, 4.69) is 10.0 Å². The van der Waals surface area contributed by atoms with Crippen LogP contribution in [0.1, 0.15) is 23.7 Å². The maximum Gasteiger partial charge on any atom is 0.339 e. The molecule has 7 heteroatoms. The summed E-state index contributed by atoms with van der Waals surface area (Å²) in [6, 6.07) is 13.8. The SMILES string of the molecule is CCCS(=O)(=O)Nc1ccc(Nc2ccccc2C(=O)OC)cc1. The zero-order valence-electron chi connectivity index (χ0n) is 13.6. The van der Waals surface area contributed by atoms with Crippen molar-refractivity contribution in [2.75, 3.05) is 22.9 Å². The molecule has 6 nitrogen and oxygen atoms in total. The highest BCUT2D eigenvalue weighted by Gasteiger charge is 2.11. The molecule has 0 heterocycles.